The van der Waals surface area contributed by atoms with E-state index < -0.39 is 38.1 Å². The molecule has 0 amide bonds. The van der Waals surface area contributed by atoms with Gasteiger partial charge in [0.25, 0.3) is 0 Å². The smallest absolute Gasteiger partial charge is 0.311 e. The molecule has 0 unspecified atom stereocenters. The lowest BCUT2D eigenvalue weighted by Crippen LogP contribution is -2.20. The molecule has 0 spiro atoms. The van der Waals surface area contributed by atoms with Crippen molar-refractivity contribution in [1.82, 2.24) is 0 Å². The number of nitro groups is 2. The minimum Gasteiger partial charge on any atom is -0.502 e. The molecule has 8 heteroatoms. The van der Waals surface area contributed by atoms with Gasteiger partial charge in [0.15, 0.2) is 11.5 Å². The van der Waals surface area contributed by atoms with Crippen molar-refractivity contribution in [3.63, 3.8) is 0 Å². The average molecular weight is 398 g/mol. The van der Waals surface area contributed by atoms with Crippen LogP contribution in [0.25, 0.3) is 0 Å². The third-order valence-electron chi connectivity index (χ3n) is 4.90. The highest BCUT2D eigenvalue weighted by Gasteiger charge is 2.31. The third kappa shape index (κ3) is 4.11. The Hall–Kier alpha value is -3.68. The van der Waals surface area contributed by atoms with Gasteiger partial charge in [0, 0.05) is 28.7 Å². The number of nitro benzene ring substituents is 2. The Kier molecular flexibility index (Phi) is 6.06. The van der Waals surface area contributed by atoms with Gasteiger partial charge in [-0.05, 0) is 24.0 Å². The maximum atomic E-state index is 11.4. The first-order valence-corrected chi connectivity index (χ1v) is 8.77. The van der Waals surface area contributed by atoms with Gasteiger partial charge in [-0.1, -0.05) is 38.1 Å². The quantitative estimate of drug-likeness (QED) is 0.377. The van der Waals surface area contributed by atoms with E-state index in [1.54, 1.807) is 26.0 Å². The lowest BCUT2D eigenvalue weighted by atomic mass is 9.76. The molecule has 0 bridgehead atoms. The number of phenolic OH excluding ortho intramolecular Hbond substituents is 2. The van der Waals surface area contributed by atoms with Crippen molar-refractivity contribution in [2.75, 3.05) is 0 Å². The molecule has 0 aliphatic heterocycles. The Morgan fingerprint density at radius 2 is 1.21 bits per heavy atom. The van der Waals surface area contributed by atoms with E-state index in [9.17, 15) is 30.4 Å². The third-order valence-corrected chi connectivity index (χ3v) is 4.90. The summed E-state index contributed by atoms with van der Waals surface area (Å²) in [4.78, 5) is 21.5. The second-order valence-electron chi connectivity index (χ2n) is 7.13. The topological polar surface area (TPSA) is 127 Å². The van der Waals surface area contributed by atoms with Crippen molar-refractivity contribution in [3.05, 3.63) is 92.1 Å². The molecule has 2 rings (SSSR count). The molecule has 0 radical (unpaired) electrons. The van der Waals surface area contributed by atoms with Crippen molar-refractivity contribution in [2.24, 2.45) is 0 Å². The zero-order valence-corrected chi connectivity index (χ0v) is 16.2. The van der Waals surface area contributed by atoms with E-state index in [0.29, 0.717) is 22.3 Å². The fourth-order valence-electron chi connectivity index (χ4n) is 3.14. The van der Waals surface area contributed by atoms with Crippen LogP contribution in [0.15, 0.2) is 49.6 Å². The monoisotopic (exact) mass is 398 g/mol. The highest BCUT2D eigenvalue weighted by Crippen LogP contribution is 2.42. The predicted octanol–water partition coefficient (Wildman–Crippen LogP) is 4.70. The molecule has 2 N–H and O–H groups in total. The first-order valence-electron chi connectivity index (χ1n) is 8.77. The summed E-state index contributed by atoms with van der Waals surface area (Å²) >= 11 is 0. The molecule has 8 nitrogen and oxygen atoms in total. The van der Waals surface area contributed by atoms with E-state index in [4.69, 9.17) is 0 Å². The minimum atomic E-state index is -0.900. The number of phenols is 2. The summed E-state index contributed by atoms with van der Waals surface area (Å²) in [7, 11) is 0. The molecule has 29 heavy (non-hydrogen) atoms. The van der Waals surface area contributed by atoms with Crippen LogP contribution in [0.3, 0.4) is 0 Å². The number of nitrogens with zero attached hydrogens (tertiary/aromatic N) is 2. The van der Waals surface area contributed by atoms with E-state index in [1.807, 2.05) is 0 Å². The lowest BCUT2D eigenvalue weighted by molar-refractivity contribution is -0.386. The van der Waals surface area contributed by atoms with Crippen molar-refractivity contribution in [3.8, 4) is 11.5 Å². The largest absolute Gasteiger partial charge is 0.502 e. The second kappa shape index (κ2) is 8.14. The number of rotatable bonds is 8. The highest BCUT2D eigenvalue weighted by molar-refractivity contribution is 5.60. The van der Waals surface area contributed by atoms with Gasteiger partial charge in [-0.3, -0.25) is 20.2 Å². The molecule has 0 saturated heterocycles. The van der Waals surface area contributed by atoms with Gasteiger partial charge in [-0.25, -0.2) is 0 Å². The highest BCUT2D eigenvalue weighted by atomic mass is 16.6. The van der Waals surface area contributed by atoms with Crippen LogP contribution in [0.2, 0.25) is 0 Å². The molecule has 0 aliphatic carbocycles. The molecule has 2 aromatic rings. The number of hydrogen-bond acceptors (Lipinski definition) is 6. The molecule has 0 fully saturated rings. The van der Waals surface area contributed by atoms with Gasteiger partial charge < -0.3 is 10.2 Å². The van der Waals surface area contributed by atoms with Gasteiger partial charge in [-0.2, -0.15) is 0 Å². The molecule has 2 aromatic carbocycles. The van der Waals surface area contributed by atoms with Crippen LogP contribution in [0.1, 0.15) is 36.1 Å². The predicted molar refractivity (Wildman–Crippen MR) is 109 cm³/mol. The van der Waals surface area contributed by atoms with Gasteiger partial charge in [0.1, 0.15) is 0 Å². The summed E-state index contributed by atoms with van der Waals surface area (Å²) in [6, 6.07) is 5.76. The molecule has 0 aromatic heterocycles. The zero-order chi connectivity index (χ0) is 21.9. The lowest BCUT2D eigenvalue weighted by Gasteiger charge is -2.27. The molecule has 152 valence electrons. The Morgan fingerprint density at radius 3 is 1.48 bits per heavy atom. The molecular weight excluding hydrogens is 376 g/mol. The van der Waals surface area contributed by atoms with Crippen LogP contribution in [-0.4, -0.2) is 20.1 Å². The summed E-state index contributed by atoms with van der Waals surface area (Å²) in [5.74, 6) is -0.864. The van der Waals surface area contributed by atoms with Crippen LogP contribution in [0.4, 0.5) is 11.4 Å². The van der Waals surface area contributed by atoms with Crippen molar-refractivity contribution in [2.45, 2.75) is 32.1 Å². The maximum absolute atomic E-state index is 11.4. The summed E-state index contributed by atoms with van der Waals surface area (Å²) < 4.78 is 0. The Morgan fingerprint density at radius 1 is 0.862 bits per heavy atom. The first kappa shape index (κ1) is 21.6. The Labute approximate surface area is 167 Å². The van der Waals surface area contributed by atoms with Crippen LogP contribution >= 0.6 is 0 Å². The second-order valence-corrected chi connectivity index (χ2v) is 7.13. The normalized spacial score (nSPS) is 11.1. The zero-order valence-electron chi connectivity index (χ0n) is 16.2. The summed E-state index contributed by atoms with van der Waals surface area (Å²) in [5.41, 5.74) is -0.164. The SMILES string of the molecule is C=CCc1cc(C(C)(C)c2cc(CC=C)c(O)c([N+](=O)[O-])c2)cc([N+](=O)[O-])c1O. The molecule has 0 heterocycles. The Balaban J connectivity index is 2.78. The molecule has 0 atom stereocenters. The van der Waals surface area contributed by atoms with Crippen molar-refractivity contribution in [1.29, 1.82) is 0 Å². The van der Waals surface area contributed by atoms with E-state index in [1.165, 1.54) is 24.3 Å². The first-order chi connectivity index (χ1) is 13.5. The molecule has 0 aliphatic rings. The number of benzene rings is 2. The van der Waals surface area contributed by atoms with E-state index in [0.717, 1.165) is 0 Å². The van der Waals surface area contributed by atoms with Gasteiger partial charge in [0.2, 0.25) is 0 Å². The fourth-order valence-corrected chi connectivity index (χ4v) is 3.14. The summed E-state index contributed by atoms with van der Waals surface area (Å²) in [6.45, 7) is 10.7. The van der Waals surface area contributed by atoms with E-state index in [-0.39, 0.29) is 12.8 Å². The standard InChI is InChI=1S/C21H22N2O6/c1-5-7-13-9-15(11-17(19(13)24)22(26)27)21(3,4)16-10-14(8-6-2)20(25)18(12-16)23(28)29/h5-6,9-12,24-25H,1-2,7-8H2,3-4H3. The van der Waals surface area contributed by atoms with Crippen LogP contribution in [0, 0.1) is 20.2 Å². The van der Waals surface area contributed by atoms with Crippen LogP contribution in [-0.2, 0) is 18.3 Å². The minimum absolute atomic E-state index is 0.216. The van der Waals surface area contributed by atoms with E-state index >= 15 is 0 Å². The van der Waals surface area contributed by atoms with Crippen molar-refractivity contribution >= 4 is 11.4 Å². The summed E-state index contributed by atoms with van der Waals surface area (Å²) in [5, 5.41) is 43.2. The maximum Gasteiger partial charge on any atom is 0.311 e. The summed E-state index contributed by atoms with van der Waals surface area (Å²) in [6.07, 6.45) is 3.47. The van der Waals surface area contributed by atoms with Crippen LogP contribution < -0.4 is 0 Å². The van der Waals surface area contributed by atoms with Gasteiger partial charge in [-0.15, -0.1) is 13.2 Å². The van der Waals surface area contributed by atoms with Crippen LogP contribution in [0.5, 0.6) is 11.5 Å². The fraction of sp³-hybridized carbons (Fsp3) is 0.238. The molecular formula is C21H22N2O6. The van der Waals surface area contributed by atoms with E-state index in [2.05, 4.69) is 13.2 Å². The van der Waals surface area contributed by atoms with Gasteiger partial charge >= 0.3 is 11.4 Å². The number of aromatic hydroxyl groups is 2. The number of allylic oxidation sites excluding steroid dienone is 2. The average Bonchev–Trinajstić information content (AvgIpc) is 2.64. The number of hydrogen-bond donors (Lipinski definition) is 2. The van der Waals surface area contributed by atoms with Gasteiger partial charge in [0.05, 0.1) is 9.85 Å². The Bertz CT molecular complexity index is 931. The van der Waals surface area contributed by atoms with Crippen molar-refractivity contribution < 1.29 is 20.1 Å². The molecule has 0 saturated carbocycles.